The van der Waals surface area contributed by atoms with Crippen LogP contribution in [0.1, 0.15) is 13.8 Å². The van der Waals surface area contributed by atoms with Crippen molar-refractivity contribution in [3.63, 3.8) is 0 Å². The van der Waals surface area contributed by atoms with Crippen molar-refractivity contribution in [2.24, 2.45) is 10.7 Å². The highest BCUT2D eigenvalue weighted by Gasteiger charge is 1.84. The second-order valence-electron chi connectivity index (χ2n) is 1.60. The number of hydrogen-bond donors (Lipinski definition) is 1. The maximum absolute atomic E-state index is 5.36. The van der Waals surface area contributed by atoms with Crippen molar-refractivity contribution in [1.29, 1.82) is 0 Å². The van der Waals surface area contributed by atoms with Crippen LogP contribution < -0.4 is 5.73 Å². The number of nitrogens with zero attached hydrogens (tertiary/aromatic N) is 1. The molecule has 0 aromatic rings. The van der Waals surface area contributed by atoms with Gasteiger partial charge in [0, 0.05) is 6.04 Å². The lowest BCUT2D eigenvalue weighted by Crippen LogP contribution is -2.18. The van der Waals surface area contributed by atoms with Gasteiger partial charge in [0.2, 0.25) is 0 Å². The minimum atomic E-state index is 0.205. The van der Waals surface area contributed by atoms with Crippen LogP contribution in [0, 0.1) is 0 Å². The van der Waals surface area contributed by atoms with Crippen molar-refractivity contribution in [3.8, 4) is 0 Å². The Kier molecular flexibility index (Phi) is 3.61. The highest BCUT2D eigenvalue weighted by atomic mass is 14.8. The molecule has 1 unspecified atom stereocenters. The molecule has 0 fully saturated rings. The van der Waals surface area contributed by atoms with Gasteiger partial charge in [-0.25, -0.2) is 0 Å². The Morgan fingerprint density at radius 2 is 2.43 bits per heavy atom. The maximum Gasteiger partial charge on any atom is 0.0534 e. The zero-order valence-corrected chi connectivity index (χ0v) is 4.89. The van der Waals surface area contributed by atoms with Crippen LogP contribution in [0.4, 0.5) is 0 Å². The fraction of sp³-hybridized carbons (Fsp3) is 0.800. The van der Waals surface area contributed by atoms with Gasteiger partial charge in [-0.05, 0) is 20.1 Å². The normalized spacial score (nSPS) is 15.3. The number of rotatable bonds is 2. The van der Waals surface area contributed by atoms with Gasteiger partial charge in [-0.3, -0.25) is 4.99 Å². The summed E-state index contributed by atoms with van der Waals surface area (Å²) in [6, 6.07) is 0.205. The molecule has 7 heavy (non-hydrogen) atoms. The molecular formula is C5H12N2. The van der Waals surface area contributed by atoms with Crippen LogP contribution in [-0.2, 0) is 0 Å². The predicted octanol–water partition coefficient (Wildman–Crippen LogP) is 0.424. The largest absolute Gasteiger partial charge is 0.326 e. The molecule has 0 radical (unpaired) electrons. The van der Waals surface area contributed by atoms with Crippen LogP contribution in [0.2, 0.25) is 0 Å². The Bertz CT molecular complexity index is 57.1. The predicted molar refractivity (Wildman–Crippen MR) is 32.7 cm³/mol. The smallest absolute Gasteiger partial charge is 0.0534 e. The second kappa shape index (κ2) is 3.81. The van der Waals surface area contributed by atoms with E-state index >= 15 is 0 Å². The molecule has 2 N–H and O–H groups in total. The minimum absolute atomic E-state index is 0.205. The summed E-state index contributed by atoms with van der Waals surface area (Å²) >= 11 is 0. The number of nitrogens with two attached hydrogens (primary N) is 1. The van der Waals surface area contributed by atoms with Crippen molar-refractivity contribution >= 4 is 6.21 Å². The Balaban J connectivity index is 2.97. The summed E-state index contributed by atoms with van der Waals surface area (Å²) in [6.45, 7) is 4.58. The number of hydrogen-bond acceptors (Lipinski definition) is 2. The fourth-order valence-corrected chi connectivity index (χ4v) is 0.272. The van der Waals surface area contributed by atoms with Crippen molar-refractivity contribution < 1.29 is 0 Å². The van der Waals surface area contributed by atoms with Gasteiger partial charge in [0.25, 0.3) is 0 Å². The van der Waals surface area contributed by atoms with Gasteiger partial charge < -0.3 is 5.73 Å². The lowest BCUT2D eigenvalue weighted by atomic mass is 10.4. The van der Waals surface area contributed by atoms with Crippen LogP contribution in [0.15, 0.2) is 4.99 Å². The molecule has 0 aliphatic carbocycles. The van der Waals surface area contributed by atoms with E-state index in [2.05, 4.69) is 4.99 Å². The Labute approximate surface area is 44.4 Å². The van der Waals surface area contributed by atoms with E-state index < -0.39 is 0 Å². The van der Waals surface area contributed by atoms with Gasteiger partial charge >= 0.3 is 0 Å². The van der Waals surface area contributed by atoms with Gasteiger partial charge in [-0.15, -0.1) is 0 Å². The van der Waals surface area contributed by atoms with E-state index in [1.165, 1.54) is 0 Å². The van der Waals surface area contributed by atoms with Crippen molar-refractivity contribution in [1.82, 2.24) is 0 Å². The molecule has 0 aromatic carbocycles. The van der Waals surface area contributed by atoms with E-state index in [9.17, 15) is 0 Å². The SMILES string of the molecule is CC=NCC(C)N. The van der Waals surface area contributed by atoms with Gasteiger partial charge in [0.05, 0.1) is 6.54 Å². The Morgan fingerprint density at radius 1 is 1.86 bits per heavy atom. The molecule has 0 aromatic heterocycles. The molecule has 0 saturated heterocycles. The zero-order valence-electron chi connectivity index (χ0n) is 4.89. The lowest BCUT2D eigenvalue weighted by Gasteiger charge is -1.94. The molecule has 42 valence electrons. The van der Waals surface area contributed by atoms with Gasteiger partial charge in [0.15, 0.2) is 0 Å². The molecule has 0 aliphatic heterocycles. The lowest BCUT2D eigenvalue weighted by molar-refractivity contribution is 0.755. The monoisotopic (exact) mass is 100 g/mol. The minimum Gasteiger partial charge on any atom is -0.326 e. The Hall–Kier alpha value is -0.370. The quantitative estimate of drug-likeness (QED) is 0.502. The molecule has 0 saturated carbocycles. The molecule has 0 bridgehead atoms. The molecule has 0 rings (SSSR count). The topological polar surface area (TPSA) is 38.4 Å². The van der Waals surface area contributed by atoms with E-state index in [0.29, 0.717) is 0 Å². The summed E-state index contributed by atoms with van der Waals surface area (Å²) in [5, 5.41) is 0. The summed E-state index contributed by atoms with van der Waals surface area (Å²) in [6.07, 6.45) is 1.77. The third-order valence-corrected chi connectivity index (χ3v) is 0.576. The van der Waals surface area contributed by atoms with E-state index in [-0.39, 0.29) is 6.04 Å². The number of aliphatic imine (C=N–C) groups is 1. The van der Waals surface area contributed by atoms with Crippen LogP contribution in [0.25, 0.3) is 0 Å². The molecule has 0 amide bonds. The first-order chi connectivity index (χ1) is 3.27. The maximum atomic E-state index is 5.36. The fourth-order valence-electron chi connectivity index (χ4n) is 0.272. The summed E-state index contributed by atoms with van der Waals surface area (Å²) in [7, 11) is 0. The summed E-state index contributed by atoms with van der Waals surface area (Å²) in [5.74, 6) is 0. The molecule has 2 nitrogen and oxygen atoms in total. The van der Waals surface area contributed by atoms with Gasteiger partial charge in [-0.1, -0.05) is 0 Å². The Morgan fingerprint density at radius 3 is 2.57 bits per heavy atom. The third kappa shape index (κ3) is 5.63. The van der Waals surface area contributed by atoms with Crippen molar-refractivity contribution in [2.45, 2.75) is 19.9 Å². The average Bonchev–Trinajstić information content (AvgIpc) is 1.61. The van der Waals surface area contributed by atoms with E-state index in [1.54, 1.807) is 6.21 Å². The summed E-state index contributed by atoms with van der Waals surface area (Å²) < 4.78 is 0. The van der Waals surface area contributed by atoms with Crippen molar-refractivity contribution in [3.05, 3.63) is 0 Å². The first-order valence-electron chi connectivity index (χ1n) is 2.47. The van der Waals surface area contributed by atoms with E-state index in [0.717, 1.165) is 6.54 Å². The van der Waals surface area contributed by atoms with Crippen LogP contribution in [0.5, 0.6) is 0 Å². The molecule has 2 heteroatoms. The van der Waals surface area contributed by atoms with Crippen LogP contribution >= 0.6 is 0 Å². The summed E-state index contributed by atoms with van der Waals surface area (Å²) in [5.41, 5.74) is 5.36. The molecule has 0 heterocycles. The first-order valence-corrected chi connectivity index (χ1v) is 2.47. The van der Waals surface area contributed by atoms with Crippen LogP contribution in [-0.4, -0.2) is 18.8 Å². The standard InChI is InChI=1S/C5H12N2/c1-3-7-4-5(2)6/h3,5H,4,6H2,1-2H3. The van der Waals surface area contributed by atoms with E-state index in [1.807, 2.05) is 13.8 Å². The molecule has 1 atom stereocenters. The zero-order chi connectivity index (χ0) is 5.70. The third-order valence-electron chi connectivity index (χ3n) is 0.576. The molecular weight excluding hydrogens is 88.1 g/mol. The highest BCUT2D eigenvalue weighted by molar-refractivity contribution is 5.53. The van der Waals surface area contributed by atoms with E-state index in [4.69, 9.17) is 5.73 Å². The van der Waals surface area contributed by atoms with Gasteiger partial charge in [-0.2, -0.15) is 0 Å². The van der Waals surface area contributed by atoms with Crippen molar-refractivity contribution in [2.75, 3.05) is 6.54 Å². The highest BCUT2D eigenvalue weighted by Crippen LogP contribution is 1.73. The molecule has 0 aliphatic rings. The summed E-state index contributed by atoms with van der Waals surface area (Å²) in [4.78, 5) is 3.92. The first kappa shape index (κ1) is 6.63. The second-order valence-corrected chi connectivity index (χ2v) is 1.60. The van der Waals surface area contributed by atoms with Gasteiger partial charge in [0.1, 0.15) is 0 Å². The molecule has 0 spiro atoms. The van der Waals surface area contributed by atoms with Crippen LogP contribution in [0.3, 0.4) is 0 Å². The average molecular weight is 100 g/mol.